The summed E-state index contributed by atoms with van der Waals surface area (Å²) in [4.78, 5) is 21.6. The van der Waals surface area contributed by atoms with Crippen LogP contribution >= 0.6 is 0 Å². The van der Waals surface area contributed by atoms with Crippen LogP contribution in [0.25, 0.3) is 16.9 Å². The summed E-state index contributed by atoms with van der Waals surface area (Å²) in [5.41, 5.74) is 0.218. The molecule has 0 bridgehead atoms. The first-order valence-electron chi connectivity index (χ1n) is 11.6. The second kappa shape index (κ2) is 9.81. The van der Waals surface area contributed by atoms with E-state index in [1.54, 1.807) is 36.4 Å². The number of fused-ring (bicyclic) bond motifs is 1. The molecule has 1 saturated heterocycles. The lowest BCUT2D eigenvalue weighted by Crippen LogP contribution is -2.48. The first-order chi connectivity index (χ1) is 17.7. The third kappa shape index (κ3) is 5.12. The third-order valence-corrected chi connectivity index (χ3v) is 6.36. The van der Waals surface area contributed by atoms with Gasteiger partial charge in [0.2, 0.25) is 0 Å². The van der Waals surface area contributed by atoms with Crippen molar-refractivity contribution < 1.29 is 27.1 Å². The van der Waals surface area contributed by atoms with Gasteiger partial charge in [-0.2, -0.15) is 18.3 Å². The number of piperazine rings is 1. The van der Waals surface area contributed by atoms with E-state index in [-0.39, 0.29) is 35.0 Å². The van der Waals surface area contributed by atoms with Crippen molar-refractivity contribution in [3.8, 4) is 17.0 Å². The Morgan fingerprint density at radius 3 is 2.43 bits per heavy atom. The van der Waals surface area contributed by atoms with Crippen molar-refractivity contribution in [1.29, 1.82) is 0 Å². The van der Waals surface area contributed by atoms with Gasteiger partial charge in [0.05, 0.1) is 31.1 Å². The summed E-state index contributed by atoms with van der Waals surface area (Å²) in [5.74, 6) is -0.204. The second-order valence-electron chi connectivity index (χ2n) is 8.71. The van der Waals surface area contributed by atoms with Crippen molar-refractivity contribution in [2.45, 2.75) is 6.18 Å². The van der Waals surface area contributed by atoms with Gasteiger partial charge in [-0.1, -0.05) is 12.1 Å². The molecule has 0 aliphatic carbocycles. The largest absolute Gasteiger partial charge is 0.497 e. The van der Waals surface area contributed by atoms with Gasteiger partial charge in [0.15, 0.2) is 17.1 Å². The summed E-state index contributed by atoms with van der Waals surface area (Å²) in [6, 6.07) is 13.7. The number of rotatable bonds is 6. The number of aromatic nitrogens is 3. The Hall–Kier alpha value is -3.99. The molecule has 0 radical (unpaired) electrons. The number of Topliss-reactive ketones (excluding diaryl/α,β-unsaturated/α-hetero) is 1. The van der Waals surface area contributed by atoms with Crippen molar-refractivity contribution >= 4 is 17.1 Å². The van der Waals surface area contributed by atoms with Crippen molar-refractivity contribution in [2.24, 2.45) is 0 Å². The molecule has 7 nitrogen and oxygen atoms in total. The minimum Gasteiger partial charge on any atom is -0.497 e. The van der Waals surface area contributed by atoms with Gasteiger partial charge in [0.25, 0.3) is 0 Å². The smallest absolute Gasteiger partial charge is 0.433 e. The number of benzene rings is 2. The molecule has 3 heterocycles. The highest BCUT2D eigenvalue weighted by Crippen LogP contribution is 2.33. The van der Waals surface area contributed by atoms with Gasteiger partial charge in [-0.05, 0) is 42.5 Å². The molecule has 1 aliphatic rings. The minimum atomic E-state index is -4.71. The molecule has 4 aromatic rings. The van der Waals surface area contributed by atoms with Crippen LogP contribution in [0.2, 0.25) is 0 Å². The summed E-state index contributed by atoms with van der Waals surface area (Å²) < 4.78 is 60.8. The average molecular weight is 513 g/mol. The third-order valence-electron chi connectivity index (χ3n) is 6.36. The first-order valence-corrected chi connectivity index (χ1v) is 11.6. The number of carbonyl (C=O) groups excluding carboxylic acids is 1. The van der Waals surface area contributed by atoms with Gasteiger partial charge in [-0.25, -0.2) is 13.9 Å². The van der Waals surface area contributed by atoms with E-state index in [9.17, 15) is 22.4 Å². The van der Waals surface area contributed by atoms with Crippen LogP contribution in [0.3, 0.4) is 0 Å². The summed E-state index contributed by atoms with van der Waals surface area (Å²) in [6.45, 7) is 2.41. The molecule has 37 heavy (non-hydrogen) atoms. The Morgan fingerprint density at radius 1 is 1.03 bits per heavy atom. The highest BCUT2D eigenvalue weighted by molar-refractivity contribution is 6.02. The number of halogens is 4. The molecule has 0 spiro atoms. The number of alkyl halides is 3. The monoisotopic (exact) mass is 513 g/mol. The highest BCUT2D eigenvalue weighted by Gasteiger charge is 2.36. The fourth-order valence-corrected chi connectivity index (χ4v) is 4.40. The van der Waals surface area contributed by atoms with Gasteiger partial charge in [-0.15, -0.1) is 0 Å². The van der Waals surface area contributed by atoms with Gasteiger partial charge >= 0.3 is 6.18 Å². The molecule has 0 saturated carbocycles. The lowest BCUT2D eigenvalue weighted by Gasteiger charge is -2.35. The SMILES string of the molecule is COc1cccc(-c2cc(C(F)(F)F)n3ncc(C(=O)CN4CCN(c5ccc(F)cc5)CC4)c3n2)c1. The Labute approximate surface area is 209 Å². The molecule has 1 aliphatic heterocycles. The molecule has 0 unspecified atom stereocenters. The lowest BCUT2D eigenvalue weighted by molar-refractivity contribution is -0.142. The highest BCUT2D eigenvalue weighted by atomic mass is 19.4. The predicted octanol–water partition coefficient (Wildman–Crippen LogP) is 4.57. The van der Waals surface area contributed by atoms with Crippen LogP contribution in [-0.2, 0) is 6.18 Å². The number of ether oxygens (including phenoxy) is 1. The predicted molar refractivity (Wildman–Crippen MR) is 129 cm³/mol. The molecule has 5 rings (SSSR count). The second-order valence-corrected chi connectivity index (χ2v) is 8.71. The molecule has 0 amide bonds. The summed E-state index contributed by atoms with van der Waals surface area (Å²) in [6.07, 6.45) is -3.57. The van der Waals surface area contributed by atoms with Crippen LogP contribution in [0.1, 0.15) is 16.1 Å². The number of hydrogen-bond donors (Lipinski definition) is 0. The van der Waals surface area contributed by atoms with E-state index < -0.39 is 11.9 Å². The number of anilines is 1. The molecule has 0 atom stereocenters. The van der Waals surface area contributed by atoms with Crippen LogP contribution in [0.4, 0.5) is 23.2 Å². The van der Waals surface area contributed by atoms with Gasteiger partial charge in [-0.3, -0.25) is 9.69 Å². The molecule has 2 aromatic heterocycles. The van der Waals surface area contributed by atoms with E-state index in [1.165, 1.54) is 19.2 Å². The Bertz CT molecular complexity index is 1430. The Balaban J connectivity index is 1.40. The van der Waals surface area contributed by atoms with Crippen molar-refractivity contribution in [1.82, 2.24) is 19.5 Å². The Kier molecular flexibility index (Phi) is 6.55. The molecular weight excluding hydrogens is 490 g/mol. The fourth-order valence-electron chi connectivity index (χ4n) is 4.40. The quantitative estimate of drug-likeness (QED) is 0.278. The molecule has 11 heteroatoms. The maximum Gasteiger partial charge on any atom is 0.433 e. The maximum atomic E-state index is 13.9. The topological polar surface area (TPSA) is 63.0 Å². The average Bonchev–Trinajstić information content (AvgIpc) is 3.33. The number of nitrogens with zero attached hydrogens (tertiary/aromatic N) is 5. The standard InChI is InChI=1S/C26H23F4N5O2/c1-37-20-4-2-3-17(13-20)22-14-24(26(28,29)30)35-25(32-22)21(15-31-35)23(36)16-33-9-11-34(12-10-33)19-7-5-18(27)6-8-19/h2-8,13-15H,9-12,16H2,1H3. The molecule has 1 fully saturated rings. The molecule has 192 valence electrons. The van der Waals surface area contributed by atoms with Crippen LogP contribution in [0, 0.1) is 5.82 Å². The number of hydrogen-bond acceptors (Lipinski definition) is 6. The van der Waals surface area contributed by atoms with Gasteiger partial charge in [0, 0.05) is 37.4 Å². The van der Waals surface area contributed by atoms with Crippen LogP contribution in [-0.4, -0.2) is 65.1 Å². The van der Waals surface area contributed by atoms with E-state index in [4.69, 9.17) is 4.74 Å². The minimum absolute atomic E-state index is 0.0189. The zero-order valence-corrected chi connectivity index (χ0v) is 19.9. The number of ketones is 1. The van der Waals surface area contributed by atoms with Crippen molar-refractivity contribution in [3.63, 3.8) is 0 Å². The zero-order chi connectivity index (χ0) is 26.2. The van der Waals surface area contributed by atoms with E-state index in [0.717, 1.165) is 18.0 Å². The van der Waals surface area contributed by atoms with Gasteiger partial charge in [0.1, 0.15) is 11.6 Å². The van der Waals surface area contributed by atoms with Crippen LogP contribution in [0.15, 0.2) is 60.8 Å². The summed E-state index contributed by atoms with van der Waals surface area (Å²) >= 11 is 0. The van der Waals surface area contributed by atoms with Gasteiger partial charge < -0.3 is 9.64 Å². The molecule has 2 aromatic carbocycles. The van der Waals surface area contributed by atoms with Crippen molar-refractivity contribution in [3.05, 3.63) is 77.9 Å². The van der Waals surface area contributed by atoms with E-state index in [2.05, 4.69) is 15.0 Å². The zero-order valence-electron chi connectivity index (χ0n) is 19.9. The van der Waals surface area contributed by atoms with E-state index in [0.29, 0.717) is 42.0 Å². The van der Waals surface area contributed by atoms with E-state index >= 15 is 0 Å². The van der Waals surface area contributed by atoms with E-state index in [1.807, 2.05) is 4.90 Å². The maximum absolute atomic E-state index is 13.9. The van der Waals surface area contributed by atoms with Crippen molar-refractivity contribution in [2.75, 3.05) is 44.7 Å². The van der Waals surface area contributed by atoms with Crippen LogP contribution < -0.4 is 9.64 Å². The first kappa shape index (κ1) is 24.7. The Morgan fingerprint density at radius 2 is 1.76 bits per heavy atom. The molecule has 0 N–H and O–H groups in total. The lowest BCUT2D eigenvalue weighted by atomic mass is 10.1. The normalized spacial score (nSPS) is 14.8. The molecular formula is C26H23F4N5O2. The number of carbonyl (C=O) groups is 1. The van der Waals surface area contributed by atoms with Crippen LogP contribution in [0.5, 0.6) is 5.75 Å². The summed E-state index contributed by atoms with van der Waals surface area (Å²) in [7, 11) is 1.46. The fraction of sp³-hybridized carbons (Fsp3) is 0.269. The summed E-state index contributed by atoms with van der Waals surface area (Å²) in [5, 5.41) is 3.86. The number of methoxy groups -OCH3 is 1.